The van der Waals surface area contributed by atoms with E-state index in [2.05, 4.69) is 30.1 Å². The van der Waals surface area contributed by atoms with E-state index < -0.39 is 0 Å². The third-order valence-electron chi connectivity index (χ3n) is 4.67. The van der Waals surface area contributed by atoms with Crippen LogP contribution in [-0.2, 0) is 11.2 Å². The molecular weight excluding hydrogens is 276 g/mol. The molecule has 1 heterocycles. The van der Waals surface area contributed by atoms with Crippen LogP contribution >= 0.6 is 0 Å². The first-order valence-electron chi connectivity index (χ1n) is 8.04. The van der Waals surface area contributed by atoms with Crippen molar-refractivity contribution in [2.45, 2.75) is 38.7 Å². The summed E-state index contributed by atoms with van der Waals surface area (Å²) in [5.41, 5.74) is 3.56. The van der Waals surface area contributed by atoms with Crippen LogP contribution in [0.1, 0.15) is 30.4 Å². The summed E-state index contributed by atoms with van der Waals surface area (Å²) >= 11 is 0. The lowest BCUT2D eigenvalue weighted by atomic mass is 10.1. The minimum Gasteiger partial charge on any atom is -0.391 e. The lowest BCUT2D eigenvalue weighted by Gasteiger charge is -2.20. The molecule has 1 amide bonds. The molecule has 0 radical (unpaired) electrons. The zero-order valence-electron chi connectivity index (χ0n) is 13.3. The number of H-pyrrole nitrogens is 1. The summed E-state index contributed by atoms with van der Waals surface area (Å²) in [4.78, 5) is 17.2. The van der Waals surface area contributed by atoms with Crippen LogP contribution in [0, 0.1) is 12.8 Å². The molecule has 1 saturated carbocycles. The second kappa shape index (κ2) is 6.13. The first-order valence-corrected chi connectivity index (χ1v) is 8.04. The zero-order chi connectivity index (χ0) is 15.7. The second-order valence-corrected chi connectivity index (χ2v) is 6.49. The van der Waals surface area contributed by atoms with Crippen LogP contribution in [0.4, 0.5) is 0 Å². The molecular formula is C18H24N2O2. The van der Waals surface area contributed by atoms with Crippen molar-refractivity contribution in [1.82, 2.24) is 9.88 Å². The lowest BCUT2D eigenvalue weighted by molar-refractivity contribution is -0.131. The number of nitrogens with zero attached hydrogens (tertiary/aromatic N) is 1. The van der Waals surface area contributed by atoms with Gasteiger partial charge in [0.25, 0.3) is 0 Å². The number of nitrogens with one attached hydrogen (secondary N) is 1. The Hall–Kier alpha value is -1.81. The van der Waals surface area contributed by atoms with Crippen molar-refractivity contribution in [3.63, 3.8) is 0 Å². The predicted octanol–water partition coefficient (Wildman–Crippen LogP) is 2.64. The Morgan fingerprint density at radius 3 is 2.95 bits per heavy atom. The third-order valence-corrected chi connectivity index (χ3v) is 4.67. The molecule has 22 heavy (non-hydrogen) atoms. The highest BCUT2D eigenvalue weighted by molar-refractivity contribution is 5.86. The number of aromatic amines is 1. The standard InChI is InChI=1S/C18H24N2O2/c1-12-4-3-5-15-14(10-19-18(12)15)8-9-17(22)20(2)11-16(21)13-6-7-13/h3-5,10,13,16,19,21H,6-9,11H2,1-2H3. The van der Waals surface area contributed by atoms with E-state index in [9.17, 15) is 9.90 Å². The number of carbonyl (C=O) groups is 1. The van der Waals surface area contributed by atoms with Gasteiger partial charge in [0.2, 0.25) is 5.91 Å². The minimum absolute atomic E-state index is 0.0988. The fourth-order valence-electron chi connectivity index (χ4n) is 3.02. The molecule has 4 nitrogen and oxygen atoms in total. The molecule has 1 fully saturated rings. The molecule has 1 unspecified atom stereocenters. The Labute approximate surface area is 131 Å². The summed E-state index contributed by atoms with van der Waals surface area (Å²) < 4.78 is 0. The third kappa shape index (κ3) is 3.17. The van der Waals surface area contributed by atoms with Gasteiger partial charge in [0, 0.05) is 37.1 Å². The maximum atomic E-state index is 12.2. The summed E-state index contributed by atoms with van der Waals surface area (Å²) in [6.45, 7) is 2.54. The maximum absolute atomic E-state index is 12.2. The van der Waals surface area contributed by atoms with Crippen LogP contribution in [0.3, 0.4) is 0 Å². The molecule has 4 heteroatoms. The van der Waals surface area contributed by atoms with Crippen LogP contribution in [0.5, 0.6) is 0 Å². The number of hydrogen-bond acceptors (Lipinski definition) is 2. The minimum atomic E-state index is -0.357. The van der Waals surface area contributed by atoms with Crippen molar-refractivity contribution in [3.8, 4) is 0 Å². The number of benzene rings is 1. The van der Waals surface area contributed by atoms with Gasteiger partial charge in [-0.1, -0.05) is 18.2 Å². The molecule has 1 aromatic carbocycles. The van der Waals surface area contributed by atoms with E-state index >= 15 is 0 Å². The number of fused-ring (bicyclic) bond motifs is 1. The number of hydrogen-bond donors (Lipinski definition) is 2. The summed E-state index contributed by atoms with van der Waals surface area (Å²) in [6, 6.07) is 6.23. The summed E-state index contributed by atoms with van der Waals surface area (Å²) in [5, 5.41) is 11.1. The average Bonchev–Trinajstić information content (AvgIpc) is 3.26. The summed E-state index contributed by atoms with van der Waals surface area (Å²) in [5.74, 6) is 0.508. The van der Waals surface area contributed by atoms with Gasteiger partial charge in [0.05, 0.1) is 6.10 Å². The molecule has 118 valence electrons. The van der Waals surface area contributed by atoms with Gasteiger partial charge in [-0.3, -0.25) is 4.79 Å². The predicted molar refractivity (Wildman–Crippen MR) is 87.7 cm³/mol. The number of likely N-dealkylation sites (N-methyl/N-ethyl adjacent to an activating group) is 1. The van der Waals surface area contributed by atoms with Crippen molar-refractivity contribution in [1.29, 1.82) is 0 Å². The average molecular weight is 300 g/mol. The number of rotatable bonds is 6. The van der Waals surface area contributed by atoms with E-state index in [-0.39, 0.29) is 12.0 Å². The van der Waals surface area contributed by atoms with E-state index in [0.717, 1.165) is 24.8 Å². The van der Waals surface area contributed by atoms with Gasteiger partial charge in [-0.25, -0.2) is 0 Å². The van der Waals surface area contributed by atoms with Gasteiger partial charge in [-0.2, -0.15) is 0 Å². The van der Waals surface area contributed by atoms with Crippen molar-refractivity contribution in [2.75, 3.05) is 13.6 Å². The van der Waals surface area contributed by atoms with E-state index in [4.69, 9.17) is 0 Å². The molecule has 2 aromatic rings. The zero-order valence-corrected chi connectivity index (χ0v) is 13.3. The molecule has 1 aromatic heterocycles. The summed E-state index contributed by atoms with van der Waals surface area (Å²) in [7, 11) is 1.79. The molecule has 2 N–H and O–H groups in total. The monoisotopic (exact) mass is 300 g/mol. The van der Waals surface area contributed by atoms with Crippen LogP contribution < -0.4 is 0 Å². The highest BCUT2D eigenvalue weighted by atomic mass is 16.3. The molecule has 1 aliphatic rings. The van der Waals surface area contributed by atoms with Gasteiger partial charge in [-0.15, -0.1) is 0 Å². The Bertz CT molecular complexity index is 673. The van der Waals surface area contributed by atoms with Gasteiger partial charge >= 0.3 is 0 Å². The van der Waals surface area contributed by atoms with E-state index in [1.807, 2.05) is 6.20 Å². The SMILES string of the molecule is Cc1cccc2c(CCC(=O)N(C)CC(O)C3CC3)c[nH]c12. The Kier molecular flexibility index (Phi) is 4.21. The molecule has 0 aliphatic heterocycles. The van der Waals surface area contributed by atoms with Crippen molar-refractivity contribution >= 4 is 16.8 Å². The number of carbonyl (C=O) groups excluding carboxylic acids is 1. The number of aliphatic hydroxyl groups excluding tert-OH is 1. The van der Waals surface area contributed by atoms with E-state index in [0.29, 0.717) is 18.9 Å². The number of aromatic nitrogens is 1. The fraction of sp³-hybridized carbons (Fsp3) is 0.500. The van der Waals surface area contributed by atoms with Gasteiger partial charge < -0.3 is 15.0 Å². The highest BCUT2D eigenvalue weighted by Crippen LogP contribution is 2.32. The molecule has 0 saturated heterocycles. The normalized spacial score (nSPS) is 16.0. The highest BCUT2D eigenvalue weighted by Gasteiger charge is 2.31. The van der Waals surface area contributed by atoms with Gasteiger partial charge in [-0.05, 0) is 43.2 Å². The smallest absolute Gasteiger partial charge is 0.222 e. The van der Waals surface area contributed by atoms with Crippen LogP contribution in [0.2, 0.25) is 0 Å². The first kappa shape index (κ1) is 15.1. The molecule has 0 bridgehead atoms. The first-order chi connectivity index (χ1) is 10.6. The largest absolute Gasteiger partial charge is 0.391 e. The molecule has 3 rings (SSSR count). The van der Waals surface area contributed by atoms with Gasteiger partial charge in [0.1, 0.15) is 0 Å². The Morgan fingerprint density at radius 2 is 2.23 bits per heavy atom. The maximum Gasteiger partial charge on any atom is 0.222 e. The lowest BCUT2D eigenvalue weighted by Crippen LogP contribution is -2.35. The van der Waals surface area contributed by atoms with E-state index in [1.54, 1.807) is 11.9 Å². The topological polar surface area (TPSA) is 56.3 Å². The van der Waals surface area contributed by atoms with Crippen molar-refractivity contribution < 1.29 is 9.90 Å². The number of para-hydroxylation sites is 1. The second-order valence-electron chi connectivity index (χ2n) is 6.49. The van der Waals surface area contributed by atoms with Crippen LogP contribution in [0.25, 0.3) is 10.9 Å². The van der Waals surface area contributed by atoms with Crippen molar-refractivity contribution in [2.24, 2.45) is 5.92 Å². The molecule has 1 atom stereocenters. The Balaban J connectivity index is 1.58. The number of aliphatic hydroxyl groups is 1. The number of aryl methyl sites for hydroxylation is 2. The fourth-order valence-corrected chi connectivity index (χ4v) is 3.02. The van der Waals surface area contributed by atoms with Gasteiger partial charge in [0.15, 0.2) is 0 Å². The van der Waals surface area contributed by atoms with Crippen LogP contribution in [-0.4, -0.2) is 40.6 Å². The van der Waals surface area contributed by atoms with E-state index in [1.165, 1.54) is 16.5 Å². The quantitative estimate of drug-likeness (QED) is 0.861. The Morgan fingerprint density at radius 1 is 1.45 bits per heavy atom. The van der Waals surface area contributed by atoms with Crippen molar-refractivity contribution in [3.05, 3.63) is 35.5 Å². The summed E-state index contributed by atoms with van der Waals surface area (Å²) in [6.07, 6.45) is 5.05. The van der Waals surface area contributed by atoms with Crippen LogP contribution in [0.15, 0.2) is 24.4 Å². The molecule has 1 aliphatic carbocycles. The molecule has 0 spiro atoms. The number of amides is 1.